The molecule has 0 radical (unpaired) electrons. The molecule has 0 fully saturated rings. The zero-order chi connectivity index (χ0) is 21.1. The third kappa shape index (κ3) is 8.22. The fourth-order valence-corrected chi connectivity index (χ4v) is 3.54. The van der Waals surface area contributed by atoms with Crippen LogP contribution in [0.4, 0.5) is 0 Å². The molecule has 0 bridgehead atoms. The molecule has 0 aromatic heterocycles. The van der Waals surface area contributed by atoms with Crippen LogP contribution in [0.25, 0.3) is 0 Å². The lowest BCUT2D eigenvalue weighted by Gasteiger charge is -2.20. The van der Waals surface area contributed by atoms with Gasteiger partial charge in [0.25, 0.3) is 0 Å². The molecule has 0 spiro atoms. The van der Waals surface area contributed by atoms with Gasteiger partial charge >= 0.3 is 0 Å². The van der Waals surface area contributed by atoms with E-state index in [1.54, 1.807) is 0 Å². The maximum Gasteiger partial charge on any atom is 0.124 e. The molecule has 0 saturated carbocycles. The predicted molar refractivity (Wildman–Crippen MR) is 126 cm³/mol. The maximum absolute atomic E-state index is 6.13. The van der Waals surface area contributed by atoms with Gasteiger partial charge < -0.3 is 10.1 Å². The molecule has 0 aliphatic carbocycles. The van der Waals surface area contributed by atoms with Crippen molar-refractivity contribution < 1.29 is 4.74 Å². The van der Waals surface area contributed by atoms with Crippen LogP contribution in [0.2, 0.25) is 0 Å². The topological polar surface area (TPSA) is 21.3 Å². The molecule has 1 atom stereocenters. The second-order valence-corrected chi connectivity index (χ2v) is 9.20. The van der Waals surface area contributed by atoms with E-state index in [1.807, 2.05) is 0 Å². The lowest BCUT2D eigenvalue weighted by Crippen LogP contribution is -2.19. The van der Waals surface area contributed by atoms with Gasteiger partial charge in [0, 0.05) is 18.2 Å². The average Bonchev–Trinajstić information content (AvgIpc) is 2.71. The van der Waals surface area contributed by atoms with E-state index in [4.69, 9.17) is 4.74 Å². The first-order chi connectivity index (χ1) is 13.9. The molecule has 2 heteroatoms. The third-order valence-corrected chi connectivity index (χ3v) is 5.57. The van der Waals surface area contributed by atoms with Crippen LogP contribution in [0.5, 0.6) is 5.75 Å². The number of rotatable bonds is 12. The number of ether oxygens (including phenoxy) is 1. The van der Waals surface area contributed by atoms with Gasteiger partial charge in [0.05, 0.1) is 6.61 Å². The molecule has 0 amide bonds. The van der Waals surface area contributed by atoms with Crippen molar-refractivity contribution in [1.82, 2.24) is 5.32 Å². The Labute approximate surface area is 179 Å². The van der Waals surface area contributed by atoms with Crippen LogP contribution in [-0.4, -0.2) is 6.61 Å². The van der Waals surface area contributed by atoms with E-state index in [-0.39, 0.29) is 11.5 Å². The summed E-state index contributed by atoms with van der Waals surface area (Å²) in [6, 6.07) is 17.7. The summed E-state index contributed by atoms with van der Waals surface area (Å²) >= 11 is 0. The van der Waals surface area contributed by atoms with Crippen LogP contribution in [0.1, 0.15) is 95.9 Å². The molecule has 1 N–H and O–H groups in total. The van der Waals surface area contributed by atoms with Gasteiger partial charge in [-0.15, -0.1) is 0 Å². The Hall–Kier alpha value is -1.80. The highest BCUT2D eigenvalue weighted by atomic mass is 16.5. The van der Waals surface area contributed by atoms with Crippen molar-refractivity contribution >= 4 is 0 Å². The van der Waals surface area contributed by atoms with Crippen LogP contribution in [0, 0.1) is 0 Å². The molecule has 160 valence electrons. The molecule has 2 aromatic carbocycles. The summed E-state index contributed by atoms with van der Waals surface area (Å²) < 4.78 is 6.13. The first-order valence-corrected chi connectivity index (χ1v) is 11.5. The standard InChI is InChI=1S/C27H41NO/c1-6-7-8-9-10-13-20-29-26-15-12-11-14-25(26)22(2)28-21-23-16-18-24(19-17-23)27(3,4)5/h11-12,14-19,22,28H,6-10,13,20-21H2,1-5H3. The number of nitrogens with one attached hydrogen (secondary N) is 1. The van der Waals surface area contributed by atoms with Crippen molar-refractivity contribution in [2.24, 2.45) is 0 Å². The number of para-hydroxylation sites is 1. The van der Waals surface area contributed by atoms with Crippen molar-refractivity contribution in [1.29, 1.82) is 0 Å². The number of unbranched alkanes of at least 4 members (excludes halogenated alkanes) is 5. The average molecular weight is 396 g/mol. The van der Waals surface area contributed by atoms with Crippen molar-refractivity contribution in [3.63, 3.8) is 0 Å². The molecule has 0 aliphatic rings. The Bertz CT molecular complexity index is 699. The monoisotopic (exact) mass is 395 g/mol. The summed E-state index contributed by atoms with van der Waals surface area (Å²) in [6.07, 6.45) is 7.73. The Kier molecular flexibility index (Phi) is 9.73. The molecule has 2 rings (SSSR count). The Balaban J connectivity index is 1.83. The lowest BCUT2D eigenvalue weighted by atomic mass is 9.87. The second kappa shape index (κ2) is 12.0. The third-order valence-electron chi connectivity index (χ3n) is 5.57. The highest BCUT2D eigenvalue weighted by molar-refractivity contribution is 5.36. The Morgan fingerprint density at radius 2 is 1.52 bits per heavy atom. The zero-order valence-electron chi connectivity index (χ0n) is 19.3. The van der Waals surface area contributed by atoms with E-state index in [9.17, 15) is 0 Å². The van der Waals surface area contributed by atoms with Crippen LogP contribution < -0.4 is 10.1 Å². The molecule has 0 heterocycles. The summed E-state index contributed by atoms with van der Waals surface area (Å²) in [5.74, 6) is 1.02. The quantitative estimate of drug-likeness (QED) is 0.374. The van der Waals surface area contributed by atoms with Gasteiger partial charge in [0.2, 0.25) is 0 Å². The van der Waals surface area contributed by atoms with Gasteiger partial charge in [-0.05, 0) is 36.0 Å². The fraction of sp³-hybridized carbons (Fsp3) is 0.556. The minimum absolute atomic E-state index is 0.200. The molecule has 29 heavy (non-hydrogen) atoms. The van der Waals surface area contributed by atoms with E-state index >= 15 is 0 Å². The van der Waals surface area contributed by atoms with E-state index in [2.05, 4.69) is 88.5 Å². The SMILES string of the molecule is CCCCCCCCOc1ccccc1C(C)NCc1ccc(C(C)(C)C)cc1. The highest BCUT2D eigenvalue weighted by Gasteiger charge is 2.14. The second-order valence-electron chi connectivity index (χ2n) is 9.20. The Morgan fingerprint density at radius 3 is 2.21 bits per heavy atom. The number of hydrogen-bond acceptors (Lipinski definition) is 2. The van der Waals surface area contributed by atoms with Crippen molar-refractivity contribution in [2.45, 2.75) is 91.1 Å². The fourth-order valence-electron chi connectivity index (χ4n) is 3.54. The van der Waals surface area contributed by atoms with Crippen LogP contribution in [-0.2, 0) is 12.0 Å². The van der Waals surface area contributed by atoms with Gasteiger partial charge in [0.15, 0.2) is 0 Å². The molecule has 1 unspecified atom stereocenters. The zero-order valence-corrected chi connectivity index (χ0v) is 19.3. The number of hydrogen-bond donors (Lipinski definition) is 1. The minimum Gasteiger partial charge on any atom is -0.493 e. The minimum atomic E-state index is 0.200. The molecule has 0 aliphatic heterocycles. The van der Waals surface area contributed by atoms with E-state index < -0.39 is 0 Å². The first kappa shape index (κ1) is 23.5. The van der Waals surface area contributed by atoms with Crippen LogP contribution >= 0.6 is 0 Å². The van der Waals surface area contributed by atoms with Crippen LogP contribution in [0.15, 0.2) is 48.5 Å². The normalized spacial score (nSPS) is 12.7. The van der Waals surface area contributed by atoms with Gasteiger partial charge in [-0.1, -0.05) is 102 Å². The lowest BCUT2D eigenvalue weighted by molar-refractivity contribution is 0.298. The van der Waals surface area contributed by atoms with Crippen molar-refractivity contribution in [3.8, 4) is 5.75 Å². The molecular weight excluding hydrogens is 354 g/mol. The molecule has 0 saturated heterocycles. The largest absolute Gasteiger partial charge is 0.493 e. The predicted octanol–water partition coefficient (Wildman–Crippen LogP) is 7.57. The van der Waals surface area contributed by atoms with E-state index in [0.29, 0.717) is 0 Å². The van der Waals surface area contributed by atoms with Gasteiger partial charge in [-0.3, -0.25) is 0 Å². The highest BCUT2D eigenvalue weighted by Crippen LogP contribution is 2.26. The summed E-state index contributed by atoms with van der Waals surface area (Å²) in [6.45, 7) is 12.9. The summed E-state index contributed by atoms with van der Waals surface area (Å²) in [5, 5.41) is 3.66. The molecular formula is C27H41NO. The van der Waals surface area contributed by atoms with Gasteiger partial charge in [-0.25, -0.2) is 0 Å². The van der Waals surface area contributed by atoms with Gasteiger partial charge in [-0.2, -0.15) is 0 Å². The van der Waals surface area contributed by atoms with E-state index in [0.717, 1.165) is 25.3 Å². The smallest absolute Gasteiger partial charge is 0.124 e. The van der Waals surface area contributed by atoms with Crippen LogP contribution in [0.3, 0.4) is 0 Å². The number of benzene rings is 2. The van der Waals surface area contributed by atoms with Crippen molar-refractivity contribution in [2.75, 3.05) is 6.61 Å². The van der Waals surface area contributed by atoms with E-state index in [1.165, 1.54) is 48.8 Å². The van der Waals surface area contributed by atoms with Crippen molar-refractivity contribution in [3.05, 3.63) is 65.2 Å². The summed E-state index contributed by atoms with van der Waals surface area (Å²) in [4.78, 5) is 0. The molecule has 2 aromatic rings. The van der Waals surface area contributed by atoms with Gasteiger partial charge in [0.1, 0.15) is 5.75 Å². The first-order valence-electron chi connectivity index (χ1n) is 11.5. The summed E-state index contributed by atoms with van der Waals surface area (Å²) in [5.41, 5.74) is 4.13. The Morgan fingerprint density at radius 1 is 0.862 bits per heavy atom. The summed E-state index contributed by atoms with van der Waals surface area (Å²) in [7, 11) is 0. The molecule has 2 nitrogen and oxygen atoms in total. The maximum atomic E-state index is 6.13.